The molecule has 1 saturated heterocycles. The number of hydrogen-bond acceptors (Lipinski definition) is 12. The molecule has 66 heavy (non-hydrogen) atoms. The van der Waals surface area contributed by atoms with Crippen molar-refractivity contribution >= 4 is 59.3 Å². The normalized spacial score (nSPS) is 17.3. The second-order valence-corrected chi connectivity index (χ2v) is 17.9. The van der Waals surface area contributed by atoms with Crippen molar-refractivity contribution < 1.29 is 68.4 Å². The Balaban J connectivity index is 2.41. The largest absolute Gasteiger partial charge is 0.481 e. The molecule has 0 aliphatic carbocycles. The van der Waals surface area contributed by atoms with Crippen LogP contribution in [0.25, 0.3) is 0 Å². The number of aliphatic carboxylic acids is 3. The smallest absolute Gasteiger partial charge is 0.326 e. The fourth-order valence-corrected chi connectivity index (χ4v) is 7.34. The minimum Gasteiger partial charge on any atom is -0.481 e. The lowest BCUT2D eigenvalue weighted by Gasteiger charge is -2.32. The van der Waals surface area contributed by atoms with Crippen LogP contribution in [0, 0.1) is 17.8 Å². The number of amides is 7. The van der Waals surface area contributed by atoms with Crippen molar-refractivity contribution in [3.63, 3.8) is 0 Å². The summed E-state index contributed by atoms with van der Waals surface area (Å²) in [7, 11) is 0. The standard InChI is InChI=1S/C44H68N8O14/c1-22(2)16-27(45)37(58)46-30(20-34(54)55)40(61)48-28(17-23(3)4)38(59)47-29(18-24(5)6)39(60)49-31(19-26-12-9-8-10-13-26)43(64)52-15-11-14-33(52)41(62)51-36(25(7)53)42(63)50-32(44(65)66)21-35(56)57/h8-10,12-13,22-25,27-33,36,53H,11,14-21,45H2,1-7H3,(H,46,58)(H,47,59)(H,48,61)(H,49,60)(H,50,63)(H,51,62)(H,54,55)(H,56,57)(H,65,66)/t25-,27+,28+,29+,30+,31+,32+,33+,36+/m1/s1. The van der Waals surface area contributed by atoms with Crippen molar-refractivity contribution in [1.29, 1.82) is 0 Å². The van der Waals surface area contributed by atoms with Crippen molar-refractivity contribution in [2.45, 2.75) is 154 Å². The van der Waals surface area contributed by atoms with Crippen LogP contribution in [0.3, 0.4) is 0 Å². The average Bonchev–Trinajstić information content (AvgIpc) is 3.70. The number of aliphatic hydroxyl groups excluding tert-OH is 1. The van der Waals surface area contributed by atoms with E-state index in [4.69, 9.17) is 10.8 Å². The fourth-order valence-electron chi connectivity index (χ4n) is 7.34. The van der Waals surface area contributed by atoms with Crippen LogP contribution in [0.1, 0.15) is 99.0 Å². The Kier molecular flexibility index (Phi) is 22.7. The van der Waals surface area contributed by atoms with Gasteiger partial charge in [-0.3, -0.25) is 43.2 Å². The number of likely N-dealkylation sites (tertiary alicyclic amines) is 1. The summed E-state index contributed by atoms with van der Waals surface area (Å²) in [6.45, 7) is 12.0. The Hall–Kier alpha value is -6.16. The maximum Gasteiger partial charge on any atom is 0.326 e. The molecule has 1 fully saturated rings. The highest BCUT2D eigenvalue weighted by Gasteiger charge is 2.41. The molecular weight excluding hydrogens is 865 g/mol. The van der Waals surface area contributed by atoms with Crippen LogP contribution in [-0.2, 0) is 54.4 Å². The van der Waals surface area contributed by atoms with E-state index in [1.165, 1.54) is 4.90 Å². The number of rotatable bonds is 27. The maximum atomic E-state index is 14.5. The summed E-state index contributed by atoms with van der Waals surface area (Å²) in [5.74, 6) is -11.0. The molecule has 2 rings (SSSR count). The van der Waals surface area contributed by atoms with Gasteiger partial charge in [0.05, 0.1) is 25.0 Å². The highest BCUT2D eigenvalue weighted by molar-refractivity contribution is 5.98. The topological polar surface area (TPSA) is 353 Å². The number of nitrogens with zero attached hydrogens (tertiary/aromatic N) is 1. The van der Waals surface area contributed by atoms with Gasteiger partial charge in [0.1, 0.15) is 42.3 Å². The van der Waals surface area contributed by atoms with Gasteiger partial charge >= 0.3 is 17.9 Å². The number of carbonyl (C=O) groups excluding carboxylic acids is 7. The SMILES string of the molecule is CC(C)C[C@H](NC(=O)[C@H](CC(=O)O)NC(=O)[C@@H](N)CC(C)C)C(=O)N[C@@H](CC(C)C)C(=O)N[C@@H](Cc1ccccc1)C(=O)N1CCC[C@H]1C(=O)N[C@H](C(=O)N[C@@H](CC(=O)O)C(=O)O)[C@@H](C)O. The van der Waals surface area contributed by atoms with E-state index in [-0.39, 0.29) is 56.4 Å². The van der Waals surface area contributed by atoms with Gasteiger partial charge in [0.15, 0.2) is 0 Å². The minimum atomic E-state index is -1.88. The van der Waals surface area contributed by atoms with Crippen molar-refractivity contribution in [3.8, 4) is 0 Å². The van der Waals surface area contributed by atoms with E-state index in [1.54, 1.807) is 58.0 Å². The third kappa shape index (κ3) is 18.7. The number of carboxylic acids is 3. The summed E-state index contributed by atoms with van der Waals surface area (Å²) in [6, 6.07) is -2.76. The average molecular weight is 933 g/mol. The van der Waals surface area contributed by atoms with Gasteiger partial charge in [0.25, 0.3) is 0 Å². The third-order valence-electron chi connectivity index (χ3n) is 10.5. The Labute approximate surface area is 383 Å². The first kappa shape index (κ1) is 56.0. The lowest BCUT2D eigenvalue weighted by molar-refractivity contribution is -0.148. The molecule has 22 nitrogen and oxygen atoms in total. The summed E-state index contributed by atoms with van der Waals surface area (Å²) >= 11 is 0. The van der Waals surface area contributed by atoms with Crippen molar-refractivity contribution in [3.05, 3.63) is 35.9 Å². The second kappa shape index (κ2) is 26.7. The molecule has 0 saturated carbocycles. The quantitative estimate of drug-likeness (QED) is 0.0505. The monoisotopic (exact) mass is 932 g/mol. The zero-order chi connectivity index (χ0) is 50.0. The molecule has 1 heterocycles. The Bertz CT molecular complexity index is 1880. The molecule has 0 spiro atoms. The summed E-state index contributed by atoms with van der Waals surface area (Å²) in [4.78, 5) is 132. The number of hydrogen-bond donors (Lipinski definition) is 11. The molecular formula is C44H68N8O14. The van der Waals surface area contributed by atoms with Crippen LogP contribution in [0.5, 0.6) is 0 Å². The first-order valence-corrected chi connectivity index (χ1v) is 22.1. The molecule has 1 aromatic carbocycles. The number of aliphatic hydroxyl groups is 1. The molecule has 0 unspecified atom stereocenters. The van der Waals surface area contributed by atoms with E-state index >= 15 is 0 Å². The number of nitrogens with two attached hydrogens (primary N) is 1. The van der Waals surface area contributed by atoms with Crippen LogP contribution in [0.15, 0.2) is 30.3 Å². The highest BCUT2D eigenvalue weighted by Crippen LogP contribution is 2.21. The van der Waals surface area contributed by atoms with Gasteiger partial charge in [-0.05, 0) is 62.3 Å². The molecule has 0 bridgehead atoms. The van der Waals surface area contributed by atoms with E-state index in [0.29, 0.717) is 12.0 Å². The Morgan fingerprint density at radius 3 is 1.53 bits per heavy atom. The Morgan fingerprint density at radius 2 is 1.06 bits per heavy atom. The predicted molar refractivity (Wildman–Crippen MR) is 237 cm³/mol. The first-order valence-electron chi connectivity index (χ1n) is 22.1. The molecule has 0 radical (unpaired) electrons. The molecule has 1 aliphatic heterocycles. The van der Waals surface area contributed by atoms with Crippen LogP contribution in [0.2, 0.25) is 0 Å². The molecule has 0 aromatic heterocycles. The van der Waals surface area contributed by atoms with Crippen LogP contribution < -0.4 is 37.6 Å². The summed E-state index contributed by atoms with van der Waals surface area (Å²) in [6.07, 6.45) is -2.66. The molecule has 368 valence electrons. The predicted octanol–water partition coefficient (Wildman–Crippen LogP) is -0.991. The number of benzene rings is 1. The Morgan fingerprint density at radius 1 is 0.606 bits per heavy atom. The lowest BCUT2D eigenvalue weighted by Crippen LogP contribution is -2.61. The van der Waals surface area contributed by atoms with Crippen LogP contribution in [0.4, 0.5) is 0 Å². The van der Waals surface area contributed by atoms with Gasteiger partial charge in [0.2, 0.25) is 41.4 Å². The van der Waals surface area contributed by atoms with Gasteiger partial charge in [-0.1, -0.05) is 71.9 Å². The van der Waals surface area contributed by atoms with Crippen molar-refractivity contribution in [2.75, 3.05) is 6.54 Å². The molecule has 9 atom stereocenters. The third-order valence-corrected chi connectivity index (χ3v) is 10.5. The molecule has 1 aliphatic rings. The number of nitrogens with one attached hydrogen (secondary N) is 6. The van der Waals surface area contributed by atoms with Gasteiger partial charge < -0.3 is 63.0 Å². The highest BCUT2D eigenvalue weighted by atomic mass is 16.4. The van der Waals surface area contributed by atoms with E-state index < -0.39 is 127 Å². The van der Waals surface area contributed by atoms with E-state index in [1.807, 2.05) is 19.2 Å². The lowest BCUT2D eigenvalue weighted by atomic mass is 9.98. The number of carboxylic acid groups (broad SMARTS) is 3. The van der Waals surface area contributed by atoms with Crippen molar-refractivity contribution in [2.24, 2.45) is 23.5 Å². The zero-order valence-corrected chi connectivity index (χ0v) is 38.6. The summed E-state index contributed by atoms with van der Waals surface area (Å²) in [5, 5.41) is 53.1. The maximum absolute atomic E-state index is 14.5. The van der Waals surface area contributed by atoms with E-state index in [0.717, 1.165) is 6.92 Å². The number of carbonyl (C=O) groups is 10. The van der Waals surface area contributed by atoms with Gasteiger partial charge in [-0.25, -0.2) is 4.79 Å². The van der Waals surface area contributed by atoms with Crippen molar-refractivity contribution in [1.82, 2.24) is 36.8 Å². The van der Waals surface area contributed by atoms with Gasteiger partial charge in [-0.15, -0.1) is 0 Å². The zero-order valence-electron chi connectivity index (χ0n) is 38.6. The second-order valence-electron chi connectivity index (χ2n) is 17.9. The molecule has 1 aromatic rings. The molecule has 12 N–H and O–H groups in total. The van der Waals surface area contributed by atoms with E-state index in [9.17, 15) is 63.3 Å². The molecule has 7 amide bonds. The van der Waals surface area contributed by atoms with Gasteiger partial charge in [-0.2, -0.15) is 0 Å². The van der Waals surface area contributed by atoms with Gasteiger partial charge in [0, 0.05) is 13.0 Å². The minimum absolute atomic E-state index is 0.0249. The first-order chi connectivity index (χ1) is 30.8. The van der Waals surface area contributed by atoms with E-state index in [2.05, 4.69) is 26.6 Å². The fraction of sp³-hybridized carbons (Fsp3) is 0.636. The molecule has 22 heteroatoms. The van der Waals surface area contributed by atoms with Crippen LogP contribution >= 0.6 is 0 Å². The summed E-state index contributed by atoms with van der Waals surface area (Å²) in [5.41, 5.74) is 6.59. The van der Waals surface area contributed by atoms with Crippen LogP contribution in [-0.4, -0.2) is 146 Å². The summed E-state index contributed by atoms with van der Waals surface area (Å²) < 4.78 is 0.